The van der Waals surface area contributed by atoms with Gasteiger partial charge in [0.05, 0.1) is 32.0 Å². The first kappa shape index (κ1) is 65.3. The predicted octanol–water partition coefficient (Wildman–Crippen LogP) is 9.05. The first-order valence-corrected chi connectivity index (χ1v) is 28.7. The molecular formula is C57H105NO13. The Kier molecular flexibility index (Phi) is 40.0. The first-order chi connectivity index (χ1) is 34.6. The molecule has 0 radical (unpaired) electrons. The van der Waals surface area contributed by atoms with Gasteiger partial charge in [0, 0.05) is 6.42 Å². The highest BCUT2D eigenvalue weighted by atomic mass is 16.7. The summed E-state index contributed by atoms with van der Waals surface area (Å²) in [5.74, 6) is -0.247. The minimum Gasteiger partial charge on any atom is -0.394 e. The topological polar surface area (TPSA) is 228 Å². The second kappa shape index (κ2) is 43.4. The van der Waals surface area contributed by atoms with Crippen LogP contribution >= 0.6 is 0 Å². The van der Waals surface area contributed by atoms with Crippen molar-refractivity contribution >= 4 is 5.91 Å². The van der Waals surface area contributed by atoms with Crippen LogP contribution in [0, 0.1) is 0 Å². The minimum absolute atomic E-state index is 0.247. The molecule has 0 bridgehead atoms. The Labute approximate surface area is 430 Å². The third-order valence-electron chi connectivity index (χ3n) is 14.1. The van der Waals surface area contributed by atoms with Crippen molar-refractivity contribution in [2.45, 2.75) is 299 Å². The lowest BCUT2D eigenvalue weighted by Crippen LogP contribution is -2.65. The molecule has 14 heteroatoms. The number of carbonyl (C=O) groups excluding carboxylic acids is 1. The number of rotatable bonds is 45. The molecule has 12 unspecified atom stereocenters. The van der Waals surface area contributed by atoms with Gasteiger partial charge in [0.1, 0.15) is 48.8 Å². The van der Waals surface area contributed by atoms with E-state index in [0.717, 1.165) is 57.8 Å². The Hall–Kier alpha value is -1.79. The molecule has 2 aliphatic heterocycles. The summed E-state index contributed by atoms with van der Waals surface area (Å²) in [4.78, 5) is 13.2. The van der Waals surface area contributed by atoms with E-state index >= 15 is 0 Å². The largest absolute Gasteiger partial charge is 0.394 e. The van der Waals surface area contributed by atoms with E-state index < -0.39 is 86.8 Å². The van der Waals surface area contributed by atoms with Crippen molar-refractivity contribution < 1.29 is 64.6 Å². The number of unbranched alkanes of at least 4 members (excludes halogenated alkanes) is 28. The molecule has 0 aliphatic carbocycles. The molecule has 1 amide bonds. The summed E-state index contributed by atoms with van der Waals surface area (Å²) in [5.41, 5.74) is 0. The number of ether oxygens (including phenoxy) is 4. The third kappa shape index (κ3) is 29.8. The van der Waals surface area contributed by atoms with Gasteiger partial charge in [-0.3, -0.25) is 4.79 Å². The zero-order chi connectivity index (χ0) is 51.7. The monoisotopic (exact) mass is 1010 g/mol. The van der Waals surface area contributed by atoms with Gasteiger partial charge in [-0.15, -0.1) is 0 Å². The lowest BCUT2D eigenvalue weighted by molar-refractivity contribution is -0.359. The van der Waals surface area contributed by atoms with Gasteiger partial charge in [0.25, 0.3) is 0 Å². The average molecular weight is 1010 g/mol. The van der Waals surface area contributed by atoms with Gasteiger partial charge in [-0.1, -0.05) is 204 Å². The smallest absolute Gasteiger partial charge is 0.220 e. The van der Waals surface area contributed by atoms with Crippen LogP contribution in [0.1, 0.15) is 226 Å². The molecular weight excluding hydrogens is 907 g/mol. The highest BCUT2D eigenvalue weighted by Gasteiger charge is 2.51. The summed E-state index contributed by atoms with van der Waals surface area (Å²) < 4.78 is 22.8. The zero-order valence-corrected chi connectivity index (χ0v) is 44.5. The van der Waals surface area contributed by atoms with Gasteiger partial charge < -0.3 is 65.1 Å². The summed E-state index contributed by atoms with van der Waals surface area (Å²) in [7, 11) is 0. The Balaban J connectivity index is 1.80. The van der Waals surface area contributed by atoms with Gasteiger partial charge >= 0.3 is 0 Å². The van der Waals surface area contributed by atoms with Crippen LogP contribution in [-0.4, -0.2) is 140 Å². The molecule has 0 aromatic carbocycles. The van der Waals surface area contributed by atoms with Crippen LogP contribution in [0.2, 0.25) is 0 Å². The molecule has 0 saturated carbocycles. The van der Waals surface area contributed by atoms with Crippen LogP contribution in [0.3, 0.4) is 0 Å². The van der Waals surface area contributed by atoms with Crippen molar-refractivity contribution in [3.05, 3.63) is 36.5 Å². The molecule has 2 saturated heterocycles. The normalized spacial score (nSPS) is 26.0. The second-order valence-corrected chi connectivity index (χ2v) is 20.4. The maximum atomic E-state index is 13.2. The quantitative estimate of drug-likeness (QED) is 0.0205. The minimum atomic E-state index is -1.79. The number of amides is 1. The van der Waals surface area contributed by atoms with E-state index in [1.807, 2.05) is 6.08 Å². The van der Waals surface area contributed by atoms with Crippen LogP contribution in [0.5, 0.6) is 0 Å². The van der Waals surface area contributed by atoms with Crippen molar-refractivity contribution in [2.24, 2.45) is 0 Å². The standard InChI is InChI=1S/C57H105NO13/c1-3-5-7-9-11-13-15-17-19-21-23-24-26-28-30-32-34-36-38-40-46(61)45(58-49(62)41-39-37-35-33-31-29-27-25-22-20-18-16-14-12-10-8-6-4-2)44-68-56-54(67)52(65)55(48(43-60)70-56)71-57-53(66)51(64)50(63)47(42-59)69-57/h14,16,20,22,38,40,45-48,50-57,59-61,63-67H,3-13,15,17-19,21,23-37,39,41-44H2,1-2H3,(H,58,62)/b16-14-,22-20-,40-38+. The summed E-state index contributed by atoms with van der Waals surface area (Å²) in [6.07, 6.45) is 34.6. The van der Waals surface area contributed by atoms with Gasteiger partial charge in [-0.2, -0.15) is 0 Å². The molecule has 2 rings (SSSR count). The van der Waals surface area contributed by atoms with Crippen molar-refractivity contribution in [1.82, 2.24) is 5.32 Å². The first-order valence-electron chi connectivity index (χ1n) is 28.7. The van der Waals surface area contributed by atoms with Crippen LogP contribution in [0.4, 0.5) is 0 Å². The number of nitrogens with one attached hydrogen (secondary N) is 1. The fraction of sp³-hybridized carbons (Fsp3) is 0.877. The van der Waals surface area contributed by atoms with Crippen molar-refractivity contribution in [3.63, 3.8) is 0 Å². The van der Waals surface area contributed by atoms with Crippen molar-refractivity contribution in [3.8, 4) is 0 Å². The third-order valence-corrected chi connectivity index (χ3v) is 14.1. The number of carbonyl (C=O) groups is 1. The fourth-order valence-electron chi connectivity index (χ4n) is 9.38. The van der Waals surface area contributed by atoms with Gasteiger partial charge in [0.15, 0.2) is 12.6 Å². The molecule has 2 aliphatic rings. The molecule has 0 aromatic heterocycles. The lowest BCUT2D eigenvalue weighted by atomic mass is 9.97. The second-order valence-electron chi connectivity index (χ2n) is 20.4. The number of aliphatic hydroxyl groups is 8. The summed E-state index contributed by atoms with van der Waals surface area (Å²) in [6, 6.07) is -0.918. The average Bonchev–Trinajstić information content (AvgIpc) is 3.37. The summed E-state index contributed by atoms with van der Waals surface area (Å²) in [6.45, 7) is 2.78. The van der Waals surface area contributed by atoms with E-state index in [0.29, 0.717) is 6.42 Å². The van der Waals surface area contributed by atoms with E-state index in [2.05, 4.69) is 43.5 Å². The van der Waals surface area contributed by atoms with Crippen molar-refractivity contribution in [2.75, 3.05) is 19.8 Å². The number of aliphatic hydroxyl groups excluding tert-OH is 8. The SMILES string of the molecule is CCCCCC/C=C\C/C=C\CCCCCCCCCC(=O)NC(COC1OC(CO)C(OC2OC(CO)C(O)C(O)C2O)C(O)C1O)C(O)/C=C/CCCCCCCCCCCCCCCCCCC. The number of hydrogen-bond donors (Lipinski definition) is 9. The molecule has 0 spiro atoms. The molecule has 0 aromatic rings. The van der Waals surface area contributed by atoms with Gasteiger partial charge in [-0.05, 0) is 51.4 Å². The van der Waals surface area contributed by atoms with E-state index in [1.165, 1.54) is 141 Å². The molecule has 14 nitrogen and oxygen atoms in total. The van der Waals surface area contributed by atoms with E-state index in [-0.39, 0.29) is 18.9 Å². The number of allylic oxidation sites excluding steroid dienone is 5. The predicted molar refractivity (Wildman–Crippen MR) is 281 cm³/mol. The molecule has 9 N–H and O–H groups in total. The number of hydrogen-bond acceptors (Lipinski definition) is 13. The Morgan fingerprint density at radius 3 is 1.42 bits per heavy atom. The van der Waals surface area contributed by atoms with Gasteiger partial charge in [-0.25, -0.2) is 0 Å². The van der Waals surface area contributed by atoms with Crippen LogP contribution in [0.15, 0.2) is 36.5 Å². The van der Waals surface area contributed by atoms with E-state index in [1.54, 1.807) is 6.08 Å². The Morgan fingerprint density at radius 2 is 0.930 bits per heavy atom. The maximum Gasteiger partial charge on any atom is 0.220 e. The molecule has 416 valence electrons. The highest BCUT2D eigenvalue weighted by molar-refractivity contribution is 5.76. The molecule has 12 atom stereocenters. The Bertz CT molecular complexity index is 1330. The Morgan fingerprint density at radius 1 is 0.507 bits per heavy atom. The van der Waals surface area contributed by atoms with Gasteiger partial charge in [0.2, 0.25) is 5.91 Å². The van der Waals surface area contributed by atoms with E-state index in [4.69, 9.17) is 18.9 Å². The lowest BCUT2D eigenvalue weighted by Gasteiger charge is -2.46. The zero-order valence-electron chi connectivity index (χ0n) is 44.5. The molecule has 2 heterocycles. The van der Waals surface area contributed by atoms with Crippen LogP contribution in [0.25, 0.3) is 0 Å². The van der Waals surface area contributed by atoms with Crippen LogP contribution in [-0.2, 0) is 23.7 Å². The van der Waals surface area contributed by atoms with Crippen LogP contribution < -0.4 is 5.32 Å². The summed E-state index contributed by atoms with van der Waals surface area (Å²) in [5, 5.41) is 87.0. The summed E-state index contributed by atoms with van der Waals surface area (Å²) >= 11 is 0. The maximum absolute atomic E-state index is 13.2. The van der Waals surface area contributed by atoms with Crippen molar-refractivity contribution in [1.29, 1.82) is 0 Å². The molecule has 2 fully saturated rings. The highest BCUT2D eigenvalue weighted by Crippen LogP contribution is 2.30. The molecule has 71 heavy (non-hydrogen) atoms. The van der Waals surface area contributed by atoms with E-state index in [9.17, 15) is 45.6 Å². The fourth-order valence-corrected chi connectivity index (χ4v) is 9.38.